The predicted octanol–water partition coefficient (Wildman–Crippen LogP) is 1.15. The van der Waals surface area contributed by atoms with Crippen LogP contribution in [0.5, 0.6) is 0 Å². The van der Waals surface area contributed by atoms with Crippen molar-refractivity contribution >= 4 is 18.2 Å². The van der Waals surface area contributed by atoms with Crippen molar-refractivity contribution in [3.63, 3.8) is 0 Å². The molecule has 1 fully saturated rings. The zero-order valence-corrected chi connectivity index (χ0v) is 16.8. The van der Waals surface area contributed by atoms with Gasteiger partial charge < -0.3 is 15.3 Å². The predicted molar refractivity (Wildman–Crippen MR) is 101 cm³/mol. The number of carbonyl (C=O) groups is 3. The van der Waals surface area contributed by atoms with Gasteiger partial charge in [0, 0.05) is 6.54 Å². The van der Waals surface area contributed by atoms with Crippen LogP contribution in [0, 0.1) is 11.8 Å². The summed E-state index contributed by atoms with van der Waals surface area (Å²) in [7, 11) is 0. The average molecular weight is 386 g/mol. The number of hydrogen-bond donors (Lipinski definition) is 3. The zero-order valence-electron chi connectivity index (χ0n) is 16.8. The third kappa shape index (κ3) is 7.10. The van der Waals surface area contributed by atoms with Crippen LogP contribution in [-0.4, -0.2) is 70.3 Å². The lowest BCUT2D eigenvalue weighted by Gasteiger charge is -2.31. The Labute approximate surface area is 161 Å². The molecule has 0 saturated carbocycles. The van der Waals surface area contributed by atoms with Gasteiger partial charge in [-0.2, -0.15) is 0 Å². The first-order chi connectivity index (χ1) is 12.8. The maximum absolute atomic E-state index is 12.9. The lowest BCUT2D eigenvalue weighted by atomic mass is 9.97. The monoisotopic (exact) mass is 385 g/mol. The summed E-state index contributed by atoms with van der Waals surface area (Å²) in [5.41, 5.74) is 0. The first-order valence-corrected chi connectivity index (χ1v) is 9.98. The van der Waals surface area contributed by atoms with E-state index in [9.17, 15) is 24.7 Å². The van der Waals surface area contributed by atoms with E-state index < -0.39 is 12.0 Å². The molecule has 1 heterocycles. The molecule has 0 spiro atoms. The Morgan fingerprint density at radius 1 is 1.33 bits per heavy atom. The number of likely N-dealkylation sites (tertiary alicyclic amines) is 1. The molecule has 0 bridgehead atoms. The fourth-order valence-electron chi connectivity index (χ4n) is 3.49. The highest BCUT2D eigenvalue weighted by Gasteiger charge is 2.36. The molecule has 0 aromatic carbocycles. The van der Waals surface area contributed by atoms with Crippen LogP contribution in [-0.2, 0) is 14.4 Å². The van der Waals surface area contributed by atoms with E-state index in [1.54, 1.807) is 4.90 Å². The Hall–Kier alpha value is -1.67. The summed E-state index contributed by atoms with van der Waals surface area (Å²) >= 11 is 0. The number of aliphatic hydroxyl groups excluding tert-OH is 1. The smallest absolute Gasteiger partial charge is 0.245 e. The van der Waals surface area contributed by atoms with Gasteiger partial charge in [-0.1, -0.05) is 40.0 Å². The standard InChI is InChI=1S/C19H35N3O5/c1-4-5-6-8-15(11-21(27)13-24)18(25)20-17(14(2)3)19(26)22-10-7-9-16(22)12-23/h13-17,23,27H,4-12H2,1-3H3,(H,20,25)/t15?,16-,17?/m0/s1. The van der Waals surface area contributed by atoms with Crippen molar-refractivity contribution in [2.75, 3.05) is 19.7 Å². The second-order valence-corrected chi connectivity index (χ2v) is 7.66. The van der Waals surface area contributed by atoms with Gasteiger partial charge in [-0.05, 0) is 25.2 Å². The van der Waals surface area contributed by atoms with Crippen LogP contribution < -0.4 is 5.32 Å². The number of hydrogen-bond acceptors (Lipinski definition) is 5. The van der Waals surface area contributed by atoms with Gasteiger partial charge in [-0.15, -0.1) is 0 Å². The molecule has 3 amide bonds. The van der Waals surface area contributed by atoms with Gasteiger partial charge in [0.2, 0.25) is 18.2 Å². The van der Waals surface area contributed by atoms with Gasteiger partial charge >= 0.3 is 0 Å². The SMILES string of the molecule is CCCCCC(CN(O)C=O)C(=O)NC(C(=O)N1CCC[C@H]1CO)C(C)C. The molecule has 0 radical (unpaired) electrons. The third-order valence-electron chi connectivity index (χ3n) is 5.16. The summed E-state index contributed by atoms with van der Waals surface area (Å²) < 4.78 is 0. The maximum atomic E-state index is 12.9. The molecule has 1 aliphatic heterocycles. The number of amides is 3. The average Bonchev–Trinajstić information content (AvgIpc) is 3.13. The van der Waals surface area contributed by atoms with Crippen molar-refractivity contribution in [3.8, 4) is 0 Å². The minimum absolute atomic E-state index is 0.0804. The number of nitrogens with one attached hydrogen (secondary N) is 1. The number of unbranched alkanes of at least 4 members (excludes halogenated alkanes) is 2. The number of aliphatic hydroxyl groups is 1. The molecule has 2 unspecified atom stereocenters. The Morgan fingerprint density at radius 2 is 2.04 bits per heavy atom. The lowest BCUT2D eigenvalue weighted by Crippen LogP contribution is -2.54. The molecule has 1 saturated heterocycles. The van der Waals surface area contributed by atoms with E-state index in [0.717, 1.165) is 32.1 Å². The van der Waals surface area contributed by atoms with Gasteiger partial charge in [0.05, 0.1) is 25.1 Å². The molecule has 0 aromatic heterocycles. The highest BCUT2D eigenvalue weighted by atomic mass is 16.5. The Kier molecular flexibility index (Phi) is 10.3. The van der Waals surface area contributed by atoms with Gasteiger partial charge in [0.1, 0.15) is 6.04 Å². The minimum Gasteiger partial charge on any atom is -0.394 e. The molecule has 0 aliphatic carbocycles. The van der Waals surface area contributed by atoms with Crippen molar-refractivity contribution in [2.24, 2.45) is 11.8 Å². The van der Waals surface area contributed by atoms with Crippen molar-refractivity contribution < 1.29 is 24.7 Å². The Morgan fingerprint density at radius 3 is 2.59 bits per heavy atom. The molecule has 0 aromatic rings. The molecular formula is C19H35N3O5. The van der Waals surface area contributed by atoms with E-state index in [1.807, 2.05) is 13.8 Å². The van der Waals surface area contributed by atoms with Crippen molar-refractivity contribution in [1.82, 2.24) is 15.3 Å². The van der Waals surface area contributed by atoms with Gasteiger partial charge in [0.15, 0.2) is 0 Å². The van der Waals surface area contributed by atoms with Crippen LogP contribution in [0.15, 0.2) is 0 Å². The van der Waals surface area contributed by atoms with Crippen LogP contribution >= 0.6 is 0 Å². The summed E-state index contributed by atoms with van der Waals surface area (Å²) in [5, 5.41) is 22.3. The fourth-order valence-corrected chi connectivity index (χ4v) is 3.49. The molecular weight excluding hydrogens is 350 g/mol. The zero-order chi connectivity index (χ0) is 20.4. The van der Waals surface area contributed by atoms with Crippen LogP contribution in [0.1, 0.15) is 59.3 Å². The second kappa shape index (κ2) is 11.9. The third-order valence-corrected chi connectivity index (χ3v) is 5.16. The number of rotatable bonds is 12. The summed E-state index contributed by atoms with van der Waals surface area (Å²) in [6.07, 6.45) is 5.17. The van der Waals surface area contributed by atoms with Crippen LogP contribution in [0.25, 0.3) is 0 Å². The molecule has 27 heavy (non-hydrogen) atoms. The quantitative estimate of drug-likeness (QED) is 0.202. The first-order valence-electron chi connectivity index (χ1n) is 9.98. The Bertz CT molecular complexity index is 486. The molecule has 1 aliphatic rings. The van der Waals surface area contributed by atoms with E-state index in [1.165, 1.54) is 0 Å². The van der Waals surface area contributed by atoms with Crippen molar-refractivity contribution in [3.05, 3.63) is 0 Å². The number of nitrogens with zero attached hydrogens (tertiary/aromatic N) is 2. The van der Waals surface area contributed by atoms with E-state index in [0.29, 0.717) is 18.0 Å². The van der Waals surface area contributed by atoms with Crippen LogP contribution in [0.2, 0.25) is 0 Å². The number of hydroxylamine groups is 2. The van der Waals surface area contributed by atoms with Gasteiger partial charge in [-0.3, -0.25) is 19.6 Å². The van der Waals surface area contributed by atoms with Gasteiger partial charge in [-0.25, -0.2) is 5.06 Å². The Balaban J connectivity index is 2.82. The van der Waals surface area contributed by atoms with Crippen molar-refractivity contribution in [2.45, 2.75) is 71.4 Å². The molecule has 3 atom stereocenters. The van der Waals surface area contributed by atoms with E-state index in [4.69, 9.17) is 0 Å². The first kappa shape index (κ1) is 23.4. The van der Waals surface area contributed by atoms with Crippen LogP contribution in [0.4, 0.5) is 0 Å². The maximum Gasteiger partial charge on any atom is 0.245 e. The van der Waals surface area contributed by atoms with E-state index in [2.05, 4.69) is 12.2 Å². The highest BCUT2D eigenvalue weighted by molar-refractivity contribution is 5.89. The second-order valence-electron chi connectivity index (χ2n) is 7.66. The van der Waals surface area contributed by atoms with E-state index in [-0.39, 0.29) is 43.3 Å². The molecule has 3 N–H and O–H groups in total. The van der Waals surface area contributed by atoms with E-state index >= 15 is 0 Å². The lowest BCUT2D eigenvalue weighted by molar-refractivity contribution is -0.155. The normalized spacial score (nSPS) is 19.0. The summed E-state index contributed by atoms with van der Waals surface area (Å²) in [6, 6.07) is -0.888. The fraction of sp³-hybridized carbons (Fsp3) is 0.842. The topological polar surface area (TPSA) is 110 Å². The summed E-state index contributed by atoms with van der Waals surface area (Å²) in [4.78, 5) is 38.1. The highest BCUT2D eigenvalue weighted by Crippen LogP contribution is 2.20. The molecule has 1 rings (SSSR count). The number of carbonyl (C=O) groups excluding carboxylic acids is 3. The van der Waals surface area contributed by atoms with Crippen LogP contribution in [0.3, 0.4) is 0 Å². The molecule has 8 nitrogen and oxygen atoms in total. The summed E-state index contributed by atoms with van der Waals surface area (Å²) in [5.74, 6) is -1.21. The van der Waals surface area contributed by atoms with Gasteiger partial charge in [0.25, 0.3) is 0 Å². The van der Waals surface area contributed by atoms with Crippen molar-refractivity contribution in [1.29, 1.82) is 0 Å². The molecule has 156 valence electrons. The minimum atomic E-state index is -0.693. The largest absolute Gasteiger partial charge is 0.394 e. The summed E-state index contributed by atoms with van der Waals surface area (Å²) in [6.45, 7) is 6.19. The molecule has 8 heteroatoms.